The summed E-state index contributed by atoms with van der Waals surface area (Å²) >= 11 is 3.46. The minimum atomic E-state index is -0.0834. The Morgan fingerprint density at radius 1 is 1.19 bits per heavy atom. The first-order chi connectivity index (χ1) is 15.4. The molecule has 3 aromatic rings. The van der Waals surface area contributed by atoms with Gasteiger partial charge in [0.25, 0.3) is 5.91 Å². The first kappa shape index (κ1) is 22.4. The van der Waals surface area contributed by atoms with Crippen LogP contribution in [-0.4, -0.2) is 41.9 Å². The van der Waals surface area contributed by atoms with Gasteiger partial charge in [0.1, 0.15) is 11.4 Å². The molecule has 0 bridgehead atoms. The van der Waals surface area contributed by atoms with Crippen LogP contribution in [0.15, 0.2) is 53.0 Å². The second kappa shape index (κ2) is 9.77. The van der Waals surface area contributed by atoms with Gasteiger partial charge in [-0.3, -0.25) is 9.59 Å². The summed E-state index contributed by atoms with van der Waals surface area (Å²) in [6.07, 6.45) is 1.65. The fourth-order valence-corrected chi connectivity index (χ4v) is 4.78. The molecule has 7 heteroatoms. The number of nitrogens with one attached hydrogen (secondary N) is 2. The molecule has 0 saturated carbocycles. The predicted molar refractivity (Wildman–Crippen MR) is 129 cm³/mol. The van der Waals surface area contributed by atoms with Gasteiger partial charge in [0, 0.05) is 47.0 Å². The van der Waals surface area contributed by atoms with Crippen molar-refractivity contribution < 1.29 is 14.3 Å². The number of piperidine rings is 1. The number of hydrogen-bond acceptors (Lipinski definition) is 3. The molecule has 1 aliphatic rings. The number of aromatic nitrogens is 1. The molecular weight excluding hydrogens is 470 g/mol. The van der Waals surface area contributed by atoms with E-state index in [0.29, 0.717) is 25.3 Å². The van der Waals surface area contributed by atoms with Crippen molar-refractivity contribution in [1.29, 1.82) is 0 Å². The van der Waals surface area contributed by atoms with Gasteiger partial charge in [0.15, 0.2) is 0 Å². The lowest BCUT2D eigenvalue weighted by atomic mass is 9.84. The van der Waals surface area contributed by atoms with Crippen LogP contribution in [0.2, 0.25) is 0 Å². The number of hydrogen-bond donors (Lipinski definition) is 2. The zero-order valence-electron chi connectivity index (χ0n) is 18.4. The van der Waals surface area contributed by atoms with Crippen molar-refractivity contribution in [3.8, 4) is 5.75 Å². The molecule has 168 valence electrons. The van der Waals surface area contributed by atoms with Crippen LogP contribution in [0.25, 0.3) is 10.9 Å². The summed E-state index contributed by atoms with van der Waals surface area (Å²) in [5.74, 6) is 1.02. The number of nitrogens with zero attached hydrogens (tertiary/aromatic N) is 1. The van der Waals surface area contributed by atoms with Crippen LogP contribution in [0, 0.1) is 11.8 Å². The maximum Gasteiger partial charge on any atom is 0.270 e. The Bertz CT molecular complexity index is 1120. The van der Waals surface area contributed by atoms with Crippen molar-refractivity contribution in [2.45, 2.75) is 26.3 Å². The fourth-order valence-electron chi connectivity index (χ4n) is 4.33. The van der Waals surface area contributed by atoms with E-state index in [4.69, 9.17) is 4.74 Å². The first-order valence-electron chi connectivity index (χ1n) is 10.9. The van der Waals surface area contributed by atoms with Crippen LogP contribution in [0.1, 0.15) is 35.8 Å². The molecule has 1 aliphatic heterocycles. The van der Waals surface area contributed by atoms with Gasteiger partial charge < -0.3 is 19.9 Å². The molecule has 0 unspecified atom stereocenters. The largest absolute Gasteiger partial charge is 0.497 e. The van der Waals surface area contributed by atoms with Gasteiger partial charge in [-0.15, -0.1) is 0 Å². The molecule has 2 amide bonds. The molecule has 0 spiro atoms. The molecule has 2 aromatic carbocycles. The number of fused-ring (bicyclic) bond motifs is 1. The molecule has 0 aliphatic carbocycles. The highest BCUT2D eigenvalue weighted by Gasteiger charge is 2.30. The van der Waals surface area contributed by atoms with E-state index in [1.807, 2.05) is 60.4 Å². The lowest BCUT2D eigenvalue weighted by Crippen LogP contribution is -2.42. The van der Waals surface area contributed by atoms with Crippen LogP contribution in [0.4, 0.5) is 0 Å². The molecule has 1 aromatic heterocycles. The van der Waals surface area contributed by atoms with Crippen LogP contribution in [0.5, 0.6) is 5.75 Å². The lowest BCUT2D eigenvalue weighted by Gasteiger charge is -2.34. The number of carbonyl (C=O) groups excluding carboxylic acids is 2. The van der Waals surface area contributed by atoms with Gasteiger partial charge in [0.05, 0.1) is 7.11 Å². The van der Waals surface area contributed by atoms with Crippen LogP contribution < -0.4 is 10.1 Å². The average Bonchev–Trinajstić information content (AvgIpc) is 3.25. The second-order valence-electron chi connectivity index (χ2n) is 8.40. The smallest absolute Gasteiger partial charge is 0.270 e. The molecule has 6 nitrogen and oxygen atoms in total. The normalized spacial score (nSPS) is 15.5. The van der Waals surface area contributed by atoms with Gasteiger partial charge in [-0.25, -0.2) is 0 Å². The SMILES string of the molecule is COc1ccc2cc(C(=O)N3CCC([C@@H](C)C(=O)NCc4cccc(Br)c4)CC3)[nH]c2c1. The number of benzene rings is 2. The number of carbonyl (C=O) groups is 2. The summed E-state index contributed by atoms with van der Waals surface area (Å²) in [6.45, 7) is 3.82. The van der Waals surface area contributed by atoms with Gasteiger partial charge in [-0.05, 0) is 54.7 Å². The Morgan fingerprint density at radius 3 is 2.69 bits per heavy atom. The number of aromatic amines is 1. The molecule has 2 N–H and O–H groups in total. The zero-order valence-corrected chi connectivity index (χ0v) is 19.9. The molecule has 1 saturated heterocycles. The monoisotopic (exact) mass is 497 g/mol. The van der Waals surface area contributed by atoms with E-state index >= 15 is 0 Å². The van der Waals surface area contributed by atoms with E-state index in [0.717, 1.165) is 39.5 Å². The molecule has 1 fully saturated rings. The number of ether oxygens (including phenoxy) is 1. The number of rotatable bonds is 6. The first-order valence-corrected chi connectivity index (χ1v) is 11.7. The number of amides is 2. The van der Waals surface area contributed by atoms with Gasteiger partial charge in [0.2, 0.25) is 5.91 Å². The summed E-state index contributed by atoms with van der Waals surface area (Å²) in [6, 6.07) is 15.6. The van der Waals surface area contributed by atoms with Crippen LogP contribution in [-0.2, 0) is 11.3 Å². The highest BCUT2D eigenvalue weighted by atomic mass is 79.9. The predicted octanol–water partition coefficient (Wildman–Crippen LogP) is 4.74. The van der Waals surface area contributed by atoms with Crippen LogP contribution >= 0.6 is 15.9 Å². The van der Waals surface area contributed by atoms with Crippen molar-refractivity contribution >= 4 is 38.6 Å². The Balaban J connectivity index is 1.31. The van der Waals surface area contributed by atoms with E-state index in [1.165, 1.54) is 0 Å². The van der Waals surface area contributed by atoms with E-state index in [2.05, 4.69) is 26.2 Å². The number of likely N-dealkylation sites (tertiary alicyclic amines) is 1. The molecular formula is C25H28BrN3O3. The van der Waals surface area contributed by atoms with Crippen LogP contribution in [0.3, 0.4) is 0 Å². The van der Waals surface area contributed by atoms with Crippen molar-refractivity contribution in [1.82, 2.24) is 15.2 Å². The van der Waals surface area contributed by atoms with E-state index in [1.54, 1.807) is 7.11 Å². The Morgan fingerprint density at radius 2 is 1.97 bits per heavy atom. The van der Waals surface area contributed by atoms with Crippen molar-refractivity contribution in [2.24, 2.45) is 11.8 Å². The van der Waals surface area contributed by atoms with Crippen molar-refractivity contribution in [3.05, 3.63) is 64.3 Å². The minimum Gasteiger partial charge on any atom is -0.497 e. The van der Waals surface area contributed by atoms with E-state index < -0.39 is 0 Å². The fraction of sp³-hybridized carbons (Fsp3) is 0.360. The van der Waals surface area contributed by atoms with Gasteiger partial charge in [-0.1, -0.05) is 35.0 Å². The molecule has 2 heterocycles. The molecule has 32 heavy (non-hydrogen) atoms. The number of halogens is 1. The summed E-state index contributed by atoms with van der Waals surface area (Å²) in [5.41, 5.74) is 2.54. The Labute approximate surface area is 196 Å². The van der Waals surface area contributed by atoms with Gasteiger partial charge in [-0.2, -0.15) is 0 Å². The zero-order chi connectivity index (χ0) is 22.7. The number of methoxy groups -OCH3 is 1. The molecule has 4 rings (SSSR count). The molecule has 0 radical (unpaired) electrons. The summed E-state index contributed by atoms with van der Waals surface area (Å²) in [4.78, 5) is 30.8. The topological polar surface area (TPSA) is 74.4 Å². The Hall–Kier alpha value is -2.80. The highest BCUT2D eigenvalue weighted by Crippen LogP contribution is 2.27. The molecule has 1 atom stereocenters. The maximum absolute atomic E-state index is 13.0. The average molecular weight is 498 g/mol. The maximum atomic E-state index is 13.0. The third kappa shape index (κ3) is 4.99. The second-order valence-corrected chi connectivity index (χ2v) is 9.32. The van der Waals surface area contributed by atoms with Gasteiger partial charge >= 0.3 is 0 Å². The standard InChI is InChI=1S/C25H28BrN3O3/c1-16(24(30)27-15-17-4-3-5-20(26)12-17)18-8-10-29(11-9-18)25(31)23-13-19-6-7-21(32-2)14-22(19)28-23/h3-7,12-14,16,18,28H,8-11,15H2,1-2H3,(H,27,30)/t16-/m1/s1. The quantitative estimate of drug-likeness (QED) is 0.516. The van der Waals surface area contributed by atoms with E-state index in [-0.39, 0.29) is 23.7 Å². The summed E-state index contributed by atoms with van der Waals surface area (Å²) in [5, 5.41) is 4.04. The van der Waals surface area contributed by atoms with Crippen molar-refractivity contribution in [3.63, 3.8) is 0 Å². The summed E-state index contributed by atoms with van der Waals surface area (Å²) < 4.78 is 6.26. The third-order valence-corrected chi connectivity index (χ3v) is 6.86. The Kier molecular flexibility index (Phi) is 6.84. The van der Waals surface area contributed by atoms with Crippen molar-refractivity contribution in [2.75, 3.05) is 20.2 Å². The highest BCUT2D eigenvalue weighted by molar-refractivity contribution is 9.10. The third-order valence-electron chi connectivity index (χ3n) is 6.36. The summed E-state index contributed by atoms with van der Waals surface area (Å²) in [7, 11) is 1.63. The lowest BCUT2D eigenvalue weighted by molar-refractivity contribution is -0.126. The minimum absolute atomic E-state index is 0.00498. The number of H-pyrrole nitrogens is 1. The van der Waals surface area contributed by atoms with E-state index in [9.17, 15) is 9.59 Å².